The zero-order valence-electron chi connectivity index (χ0n) is 14.9. The van der Waals surface area contributed by atoms with E-state index in [0.29, 0.717) is 6.42 Å². The fourth-order valence-electron chi connectivity index (χ4n) is 5.07. The highest BCUT2D eigenvalue weighted by Gasteiger charge is 2.67. The molecule has 5 unspecified atom stereocenters. The molecule has 2 aliphatic heterocycles. The number of nitrogens with zero attached hydrogens (tertiary/aromatic N) is 1. The average Bonchev–Trinajstić information content (AvgIpc) is 2.68. The highest BCUT2D eigenvalue weighted by atomic mass is 16.4. The monoisotopic (exact) mass is 363 g/mol. The predicted octanol–water partition coefficient (Wildman–Crippen LogP) is 3.57. The molecule has 138 valence electrons. The quantitative estimate of drug-likeness (QED) is 0.869. The van der Waals surface area contributed by atoms with Crippen LogP contribution in [-0.4, -0.2) is 33.9 Å². The van der Waals surface area contributed by atoms with Crippen LogP contribution in [0.2, 0.25) is 0 Å². The summed E-state index contributed by atoms with van der Waals surface area (Å²) in [7, 11) is 0. The maximum absolute atomic E-state index is 12.7. The first kappa shape index (κ1) is 17.5. The molecule has 2 aromatic rings. The van der Waals surface area contributed by atoms with E-state index in [1.807, 2.05) is 67.6 Å². The van der Waals surface area contributed by atoms with Crippen LogP contribution in [0.25, 0.3) is 0 Å². The van der Waals surface area contributed by atoms with Crippen molar-refractivity contribution in [3.8, 4) is 0 Å². The van der Waals surface area contributed by atoms with Gasteiger partial charge >= 0.3 is 11.9 Å². The summed E-state index contributed by atoms with van der Waals surface area (Å²) in [6.07, 6.45) is 1.91. The second-order valence-electron chi connectivity index (χ2n) is 7.73. The van der Waals surface area contributed by atoms with Crippen molar-refractivity contribution >= 4 is 18.2 Å². The minimum absolute atomic E-state index is 0.348. The van der Waals surface area contributed by atoms with E-state index in [-0.39, 0.29) is 5.92 Å². The first-order chi connectivity index (χ1) is 12.9. The van der Waals surface area contributed by atoms with E-state index in [1.165, 1.54) is 6.21 Å². The Morgan fingerprint density at radius 3 is 2.04 bits per heavy atom. The van der Waals surface area contributed by atoms with E-state index in [9.17, 15) is 19.8 Å². The molecule has 2 bridgehead atoms. The number of carboxylic acid groups (broad SMARTS) is 2. The van der Waals surface area contributed by atoms with E-state index in [2.05, 4.69) is 4.99 Å². The number of benzene rings is 2. The first-order valence-corrected chi connectivity index (χ1v) is 9.02. The molecule has 1 saturated carbocycles. The number of hydrogen-bond donors (Lipinski definition) is 2. The number of hydrogen-bond acceptors (Lipinski definition) is 3. The summed E-state index contributed by atoms with van der Waals surface area (Å²) >= 11 is 0. The highest BCUT2D eigenvalue weighted by Crippen LogP contribution is 2.63. The van der Waals surface area contributed by atoms with Crippen molar-refractivity contribution in [2.75, 3.05) is 0 Å². The van der Waals surface area contributed by atoms with Gasteiger partial charge in [0, 0.05) is 18.1 Å². The van der Waals surface area contributed by atoms with Crippen molar-refractivity contribution in [3.05, 3.63) is 71.8 Å². The fourth-order valence-corrected chi connectivity index (χ4v) is 5.07. The van der Waals surface area contributed by atoms with Crippen molar-refractivity contribution < 1.29 is 19.8 Å². The maximum atomic E-state index is 12.7. The summed E-state index contributed by atoms with van der Waals surface area (Å²) in [5, 5.41) is 20.4. The number of carboxylic acids is 2. The van der Waals surface area contributed by atoms with Crippen molar-refractivity contribution in [2.24, 2.45) is 16.3 Å². The maximum Gasteiger partial charge on any atom is 0.316 e. The largest absolute Gasteiger partial charge is 0.481 e. The van der Waals surface area contributed by atoms with Crippen molar-refractivity contribution in [2.45, 2.75) is 30.7 Å². The second kappa shape index (κ2) is 6.05. The molecule has 5 atom stereocenters. The van der Waals surface area contributed by atoms with Gasteiger partial charge in [-0.2, -0.15) is 0 Å². The molecule has 1 fully saturated rings. The lowest BCUT2D eigenvalue weighted by atomic mass is 9.47. The van der Waals surface area contributed by atoms with Crippen LogP contribution in [0.4, 0.5) is 0 Å². The van der Waals surface area contributed by atoms with Crippen LogP contribution >= 0.6 is 0 Å². The minimum Gasteiger partial charge on any atom is -0.481 e. The molecule has 2 heterocycles. The van der Waals surface area contributed by atoms with Crippen molar-refractivity contribution in [1.82, 2.24) is 0 Å². The third-order valence-electron chi connectivity index (χ3n) is 6.28. The zero-order chi connectivity index (χ0) is 19.2. The third-order valence-corrected chi connectivity index (χ3v) is 6.28. The Morgan fingerprint density at radius 1 is 0.963 bits per heavy atom. The Labute approximate surface area is 157 Å². The van der Waals surface area contributed by atoms with E-state index in [1.54, 1.807) is 0 Å². The van der Waals surface area contributed by atoms with Gasteiger partial charge in [0.15, 0.2) is 0 Å². The number of fused-ring (bicyclic) bond motifs is 2. The Morgan fingerprint density at radius 2 is 1.52 bits per heavy atom. The van der Waals surface area contributed by atoms with Crippen LogP contribution in [0, 0.1) is 11.3 Å². The summed E-state index contributed by atoms with van der Waals surface area (Å²) in [4.78, 5) is 29.5. The van der Waals surface area contributed by atoms with Crippen LogP contribution in [0.1, 0.15) is 36.3 Å². The van der Waals surface area contributed by atoms with E-state index < -0.39 is 34.7 Å². The van der Waals surface area contributed by atoms with Gasteiger partial charge in [-0.3, -0.25) is 14.6 Å². The van der Waals surface area contributed by atoms with E-state index in [0.717, 1.165) is 11.1 Å². The van der Waals surface area contributed by atoms with Gasteiger partial charge in [0.25, 0.3) is 0 Å². The van der Waals surface area contributed by atoms with Crippen molar-refractivity contribution in [3.63, 3.8) is 0 Å². The van der Waals surface area contributed by atoms with Crippen LogP contribution in [0.3, 0.4) is 0 Å². The lowest BCUT2D eigenvalue weighted by Crippen LogP contribution is -2.63. The predicted molar refractivity (Wildman–Crippen MR) is 101 cm³/mol. The van der Waals surface area contributed by atoms with Crippen LogP contribution in [0.15, 0.2) is 65.7 Å². The molecule has 0 spiro atoms. The lowest BCUT2D eigenvalue weighted by Gasteiger charge is -2.57. The first-order valence-electron chi connectivity index (χ1n) is 9.02. The number of aliphatic carboxylic acids is 2. The zero-order valence-corrected chi connectivity index (χ0v) is 14.9. The van der Waals surface area contributed by atoms with Gasteiger partial charge in [0.2, 0.25) is 0 Å². The molecule has 1 aliphatic carbocycles. The van der Waals surface area contributed by atoms with Gasteiger partial charge in [0.05, 0.1) is 11.5 Å². The SMILES string of the molecule is CC12CC(c3ccccc3)C(C(=O)O)(C=N1)C(c1ccccc1)C2C(=O)O. The van der Waals surface area contributed by atoms with Crippen molar-refractivity contribution in [1.29, 1.82) is 0 Å². The summed E-state index contributed by atoms with van der Waals surface area (Å²) in [5.74, 6) is -3.97. The normalized spacial score (nSPS) is 34.3. The molecule has 0 aromatic heterocycles. The molecule has 0 radical (unpaired) electrons. The summed E-state index contributed by atoms with van der Waals surface area (Å²) in [6, 6.07) is 18.7. The molecule has 3 aliphatic rings. The van der Waals surface area contributed by atoms with E-state index in [4.69, 9.17) is 0 Å². The minimum atomic E-state index is -1.40. The third kappa shape index (κ3) is 2.41. The number of carbonyl (C=O) groups is 2. The smallest absolute Gasteiger partial charge is 0.316 e. The summed E-state index contributed by atoms with van der Waals surface area (Å²) in [5.41, 5.74) is -0.625. The molecule has 2 aromatic carbocycles. The summed E-state index contributed by atoms with van der Waals surface area (Å²) in [6.45, 7) is 1.83. The Balaban J connectivity index is 2.00. The van der Waals surface area contributed by atoms with Gasteiger partial charge in [-0.1, -0.05) is 60.7 Å². The lowest BCUT2D eigenvalue weighted by molar-refractivity contribution is -0.159. The molecule has 2 N–H and O–H groups in total. The standard InChI is InChI=1S/C22H21NO4/c1-21-12-16(14-8-4-2-5-9-14)22(13-23-21,20(26)27)17(18(21)19(24)25)15-10-6-3-7-11-15/h2-11,13,16-18H,12H2,1H3,(H,24,25)(H,26,27). The highest BCUT2D eigenvalue weighted by molar-refractivity contribution is 6.00. The fraction of sp³-hybridized carbons (Fsp3) is 0.318. The average molecular weight is 363 g/mol. The Hall–Kier alpha value is -2.95. The Bertz CT molecular complexity index is 910. The van der Waals surface area contributed by atoms with Gasteiger partial charge < -0.3 is 10.2 Å². The molecule has 5 rings (SSSR count). The Kier molecular flexibility index (Phi) is 3.91. The molecule has 0 amide bonds. The van der Waals surface area contributed by atoms with Gasteiger partial charge in [-0.15, -0.1) is 0 Å². The van der Waals surface area contributed by atoms with Crippen LogP contribution < -0.4 is 0 Å². The number of rotatable bonds is 4. The second-order valence-corrected chi connectivity index (χ2v) is 7.73. The van der Waals surface area contributed by atoms with Crippen LogP contribution in [0.5, 0.6) is 0 Å². The van der Waals surface area contributed by atoms with Gasteiger partial charge in [-0.05, 0) is 24.5 Å². The number of aliphatic imine (C=N–C) groups is 1. The van der Waals surface area contributed by atoms with Gasteiger partial charge in [0.1, 0.15) is 5.41 Å². The van der Waals surface area contributed by atoms with E-state index >= 15 is 0 Å². The molecule has 27 heavy (non-hydrogen) atoms. The van der Waals surface area contributed by atoms with Crippen LogP contribution in [-0.2, 0) is 9.59 Å². The summed E-state index contributed by atoms with van der Waals surface area (Å²) < 4.78 is 0. The molecular formula is C22H21NO4. The topological polar surface area (TPSA) is 87.0 Å². The van der Waals surface area contributed by atoms with Gasteiger partial charge in [-0.25, -0.2) is 0 Å². The molecule has 5 nitrogen and oxygen atoms in total. The molecule has 0 saturated heterocycles. The molecule has 5 heteroatoms. The molecular weight excluding hydrogens is 342 g/mol.